The summed E-state index contributed by atoms with van der Waals surface area (Å²) in [7, 11) is 3.25. The Morgan fingerprint density at radius 3 is 2.48 bits per heavy atom. The number of carbonyl (C=O) groups excluding carboxylic acids is 1. The molecule has 1 heterocycles. The lowest BCUT2D eigenvalue weighted by atomic mass is 9.74. The molecule has 5 nitrogen and oxygen atoms in total. The summed E-state index contributed by atoms with van der Waals surface area (Å²) in [6.07, 6.45) is 8.44. The lowest BCUT2D eigenvalue weighted by molar-refractivity contribution is -0.121. The molecule has 0 aromatic heterocycles. The molecule has 1 N–H and O–H groups in total. The van der Waals surface area contributed by atoms with Crippen LogP contribution in [0.1, 0.15) is 42.4 Å². The van der Waals surface area contributed by atoms with E-state index in [4.69, 9.17) is 9.47 Å². The van der Waals surface area contributed by atoms with Crippen molar-refractivity contribution >= 4 is 12.0 Å². The Hall–Kier alpha value is -2.79. The minimum Gasteiger partial charge on any atom is -0.497 e. The quantitative estimate of drug-likeness (QED) is 0.697. The van der Waals surface area contributed by atoms with E-state index in [1.54, 1.807) is 14.2 Å². The summed E-state index contributed by atoms with van der Waals surface area (Å²) in [6, 6.07) is 14.4. The van der Waals surface area contributed by atoms with Gasteiger partial charge in [-0.25, -0.2) is 0 Å². The van der Waals surface area contributed by atoms with Crippen LogP contribution >= 0.6 is 0 Å². The van der Waals surface area contributed by atoms with Crippen LogP contribution in [-0.4, -0.2) is 44.7 Å². The molecule has 1 aliphatic heterocycles. The summed E-state index contributed by atoms with van der Waals surface area (Å²) in [5, 5.41) is 3.01. The van der Waals surface area contributed by atoms with Crippen molar-refractivity contribution in [1.82, 2.24) is 10.2 Å². The van der Waals surface area contributed by atoms with Crippen molar-refractivity contribution in [2.75, 3.05) is 33.9 Å². The summed E-state index contributed by atoms with van der Waals surface area (Å²) < 4.78 is 10.6. The Kier molecular flexibility index (Phi) is 6.62. The zero-order chi connectivity index (χ0) is 21.7. The second-order valence-electron chi connectivity index (χ2n) is 8.52. The van der Waals surface area contributed by atoms with Gasteiger partial charge in [0.15, 0.2) is 0 Å². The van der Waals surface area contributed by atoms with Gasteiger partial charge in [-0.1, -0.05) is 36.4 Å². The number of allylic oxidation sites excluding steroid dienone is 1. The Morgan fingerprint density at radius 2 is 1.77 bits per heavy atom. The number of rotatable bonds is 8. The lowest BCUT2D eigenvalue weighted by Gasteiger charge is -2.39. The van der Waals surface area contributed by atoms with Gasteiger partial charge < -0.3 is 19.7 Å². The minimum atomic E-state index is 0.0860. The molecule has 0 atom stereocenters. The van der Waals surface area contributed by atoms with Crippen molar-refractivity contribution in [2.45, 2.75) is 37.6 Å². The van der Waals surface area contributed by atoms with E-state index in [0.29, 0.717) is 13.0 Å². The topological polar surface area (TPSA) is 50.8 Å². The van der Waals surface area contributed by atoms with E-state index >= 15 is 0 Å². The van der Waals surface area contributed by atoms with Crippen molar-refractivity contribution in [2.24, 2.45) is 0 Å². The molecule has 1 saturated heterocycles. The first-order valence-corrected chi connectivity index (χ1v) is 11.1. The minimum absolute atomic E-state index is 0.0860. The number of amides is 1. The van der Waals surface area contributed by atoms with Gasteiger partial charge in [0.05, 0.1) is 14.2 Å². The van der Waals surface area contributed by atoms with E-state index in [0.717, 1.165) is 56.0 Å². The summed E-state index contributed by atoms with van der Waals surface area (Å²) in [5.41, 5.74) is 4.06. The predicted molar refractivity (Wildman–Crippen MR) is 123 cm³/mol. The van der Waals surface area contributed by atoms with Crippen LogP contribution < -0.4 is 14.8 Å². The normalized spacial score (nSPS) is 16.8. The van der Waals surface area contributed by atoms with Gasteiger partial charge in [-0.15, -0.1) is 0 Å². The maximum atomic E-state index is 12.3. The summed E-state index contributed by atoms with van der Waals surface area (Å²) in [4.78, 5) is 14.8. The zero-order valence-corrected chi connectivity index (χ0v) is 18.5. The Labute approximate surface area is 185 Å². The second-order valence-corrected chi connectivity index (χ2v) is 8.52. The van der Waals surface area contributed by atoms with Crippen LogP contribution in [0.15, 0.2) is 48.5 Å². The van der Waals surface area contributed by atoms with Crippen LogP contribution in [0.3, 0.4) is 0 Å². The van der Waals surface area contributed by atoms with Gasteiger partial charge in [0.2, 0.25) is 5.91 Å². The molecule has 0 saturated carbocycles. The molecular weight excluding hydrogens is 388 g/mol. The highest BCUT2D eigenvalue weighted by Crippen LogP contribution is 2.43. The third-order valence-electron chi connectivity index (χ3n) is 6.61. The Balaban J connectivity index is 1.19. The number of carbonyl (C=O) groups is 1. The van der Waals surface area contributed by atoms with Crippen LogP contribution in [0, 0.1) is 0 Å². The van der Waals surface area contributed by atoms with Crippen molar-refractivity contribution in [3.8, 4) is 11.5 Å². The van der Waals surface area contributed by atoms with Crippen LogP contribution in [0.4, 0.5) is 0 Å². The number of hydrogen-bond donors (Lipinski definition) is 1. The molecule has 2 aromatic rings. The summed E-state index contributed by atoms with van der Waals surface area (Å²) in [5.74, 6) is 1.54. The van der Waals surface area contributed by atoms with Gasteiger partial charge in [-0.3, -0.25) is 4.79 Å². The van der Waals surface area contributed by atoms with E-state index in [1.165, 1.54) is 11.1 Å². The zero-order valence-electron chi connectivity index (χ0n) is 18.5. The van der Waals surface area contributed by atoms with Crippen LogP contribution in [0.2, 0.25) is 0 Å². The SMILES string of the molecule is COc1cc(CNC(=O)CCCN2CCC3(C=Cc4ccccc43)CC2)cc(OC)c1. The van der Waals surface area contributed by atoms with Gasteiger partial charge in [-0.05, 0) is 67.7 Å². The fourth-order valence-electron chi connectivity index (χ4n) is 4.77. The van der Waals surface area contributed by atoms with Crippen molar-refractivity contribution < 1.29 is 14.3 Å². The van der Waals surface area contributed by atoms with Crippen molar-refractivity contribution in [1.29, 1.82) is 0 Å². The number of methoxy groups -OCH3 is 2. The molecule has 164 valence electrons. The number of benzene rings is 2. The molecule has 4 rings (SSSR count). The molecule has 1 amide bonds. The second kappa shape index (κ2) is 9.56. The molecule has 0 unspecified atom stereocenters. The predicted octanol–water partition coefficient (Wildman–Crippen LogP) is 4.16. The molecule has 0 radical (unpaired) electrons. The first kappa shape index (κ1) is 21.4. The van der Waals surface area contributed by atoms with E-state index in [1.807, 2.05) is 18.2 Å². The molecule has 1 spiro atoms. The first-order chi connectivity index (χ1) is 15.1. The molecule has 31 heavy (non-hydrogen) atoms. The number of nitrogens with zero attached hydrogens (tertiary/aromatic N) is 1. The Bertz CT molecular complexity index is 923. The lowest BCUT2D eigenvalue weighted by Crippen LogP contribution is -2.41. The maximum absolute atomic E-state index is 12.3. The van der Waals surface area contributed by atoms with Crippen molar-refractivity contribution in [3.63, 3.8) is 0 Å². The smallest absolute Gasteiger partial charge is 0.220 e. The van der Waals surface area contributed by atoms with Gasteiger partial charge in [0.25, 0.3) is 0 Å². The number of ether oxygens (including phenoxy) is 2. The molecular formula is C26H32N2O3. The first-order valence-electron chi connectivity index (χ1n) is 11.1. The highest BCUT2D eigenvalue weighted by atomic mass is 16.5. The summed E-state index contributed by atoms with van der Waals surface area (Å²) in [6.45, 7) is 3.63. The van der Waals surface area contributed by atoms with Crippen LogP contribution in [0.5, 0.6) is 11.5 Å². The number of nitrogens with one attached hydrogen (secondary N) is 1. The average molecular weight is 421 g/mol. The molecule has 5 heteroatoms. The van der Waals surface area contributed by atoms with Crippen LogP contribution in [-0.2, 0) is 16.8 Å². The van der Waals surface area contributed by atoms with Crippen molar-refractivity contribution in [3.05, 3.63) is 65.2 Å². The number of likely N-dealkylation sites (tertiary alicyclic amines) is 1. The Morgan fingerprint density at radius 1 is 1.06 bits per heavy atom. The third kappa shape index (κ3) is 4.93. The average Bonchev–Trinajstić information content (AvgIpc) is 3.17. The number of fused-ring (bicyclic) bond motifs is 2. The maximum Gasteiger partial charge on any atom is 0.220 e. The largest absolute Gasteiger partial charge is 0.497 e. The van der Waals surface area contributed by atoms with E-state index in [-0.39, 0.29) is 11.3 Å². The highest BCUT2D eigenvalue weighted by molar-refractivity contribution is 5.75. The highest BCUT2D eigenvalue weighted by Gasteiger charge is 2.37. The number of hydrogen-bond acceptors (Lipinski definition) is 4. The summed E-state index contributed by atoms with van der Waals surface area (Å²) >= 11 is 0. The van der Waals surface area contributed by atoms with E-state index < -0.39 is 0 Å². The fourth-order valence-corrected chi connectivity index (χ4v) is 4.77. The third-order valence-corrected chi connectivity index (χ3v) is 6.61. The number of piperidine rings is 1. The molecule has 2 aromatic carbocycles. The van der Waals surface area contributed by atoms with Gasteiger partial charge in [-0.2, -0.15) is 0 Å². The van der Waals surface area contributed by atoms with Gasteiger partial charge in [0, 0.05) is 24.4 Å². The fraction of sp³-hybridized carbons (Fsp3) is 0.423. The molecule has 0 bridgehead atoms. The van der Waals surface area contributed by atoms with Gasteiger partial charge >= 0.3 is 0 Å². The van der Waals surface area contributed by atoms with E-state index in [2.05, 4.69) is 46.6 Å². The molecule has 1 aliphatic carbocycles. The van der Waals surface area contributed by atoms with E-state index in [9.17, 15) is 4.79 Å². The molecule has 1 fully saturated rings. The van der Waals surface area contributed by atoms with Gasteiger partial charge in [0.1, 0.15) is 11.5 Å². The standard InChI is InChI=1S/C26H32N2O3/c1-30-22-16-20(17-23(18-22)31-2)19-27-25(29)8-5-13-28-14-11-26(12-15-28)10-9-21-6-3-4-7-24(21)26/h3-4,6-7,9-10,16-18H,5,8,11-15,19H2,1-2H3,(H,27,29). The van der Waals surface area contributed by atoms with Crippen LogP contribution in [0.25, 0.3) is 6.08 Å². The molecule has 2 aliphatic rings. The monoisotopic (exact) mass is 420 g/mol.